The van der Waals surface area contributed by atoms with Crippen LogP contribution in [0.25, 0.3) is 11.6 Å². The van der Waals surface area contributed by atoms with Crippen LogP contribution >= 0.6 is 22.7 Å². The van der Waals surface area contributed by atoms with Crippen LogP contribution < -0.4 is 9.47 Å². The molecule has 0 spiro atoms. The highest BCUT2D eigenvalue weighted by Crippen LogP contribution is 2.43. The van der Waals surface area contributed by atoms with Gasteiger partial charge in [0.15, 0.2) is 11.5 Å². The van der Waals surface area contributed by atoms with Gasteiger partial charge in [0, 0.05) is 10.3 Å². The van der Waals surface area contributed by atoms with Crippen molar-refractivity contribution in [2.75, 3.05) is 13.2 Å². The molecule has 3 nitrogen and oxygen atoms in total. The lowest BCUT2D eigenvalue weighted by Gasteiger charge is -2.15. The highest BCUT2D eigenvalue weighted by atomic mass is 32.1. The minimum Gasteiger partial charge on any atom is -0.485 e. The second-order valence-electron chi connectivity index (χ2n) is 3.64. The first-order valence-corrected chi connectivity index (χ1v) is 7.17. The molecule has 5 heteroatoms. The molecule has 0 aromatic carbocycles. The van der Waals surface area contributed by atoms with Crippen molar-refractivity contribution in [3.63, 3.8) is 0 Å². The van der Waals surface area contributed by atoms with Gasteiger partial charge >= 0.3 is 0 Å². The van der Waals surface area contributed by atoms with Gasteiger partial charge in [-0.2, -0.15) is 5.26 Å². The number of nitrogens with zero attached hydrogens (tertiary/aromatic N) is 1. The molecule has 2 aromatic rings. The maximum absolute atomic E-state index is 9.29. The molecule has 0 radical (unpaired) electrons. The SMILES string of the molecule is N#C/C(=C\c1cccs1)c1scc2c1OCCO2. The number of fused-ring (bicyclic) bond motifs is 1. The molecule has 2 aromatic heterocycles. The topological polar surface area (TPSA) is 42.2 Å². The largest absolute Gasteiger partial charge is 0.485 e. The average Bonchev–Trinajstić information content (AvgIpc) is 3.05. The predicted molar refractivity (Wildman–Crippen MR) is 73.1 cm³/mol. The molecular formula is C13H9NO2S2. The lowest BCUT2D eigenvalue weighted by Crippen LogP contribution is -2.14. The first-order valence-electron chi connectivity index (χ1n) is 5.41. The molecule has 0 saturated carbocycles. The predicted octanol–water partition coefficient (Wildman–Crippen LogP) is 3.64. The number of allylic oxidation sites excluding steroid dienone is 1. The third-order valence-corrected chi connectivity index (χ3v) is 4.29. The molecule has 1 aliphatic heterocycles. The van der Waals surface area contributed by atoms with E-state index >= 15 is 0 Å². The van der Waals surface area contributed by atoms with Crippen LogP contribution in [0.1, 0.15) is 9.75 Å². The highest BCUT2D eigenvalue weighted by Gasteiger charge is 2.21. The normalized spacial score (nSPS) is 14.3. The molecule has 0 bridgehead atoms. The van der Waals surface area contributed by atoms with Crippen molar-refractivity contribution in [1.82, 2.24) is 0 Å². The average molecular weight is 275 g/mol. The minimum atomic E-state index is 0.536. The lowest BCUT2D eigenvalue weighted by molar-refractivity contribution is 0.173. The van der Waals surface area contributed by atoms with E-state index < -0.39 is 0 Å². The van der Waals surface area contributed by atoms with Gasteiger partial charge in [-0.25, -0.2) is 0 Å². The molecule has 18 heavy (non-hydrogen) atoms. The molecule has 0 N–H and O–H groups in total. The second kappa shape index (κ2) is 4.84. The number of hydrogen-bond donors (Lipinski definition) is 0. The van der Waals surface area contributed by atoms with Crippen LogP contribution in [0.5, 0.6) is 11.5 Å². The summed E-state index contributed by atoms with van der Waals surface area (Å²) in [5.41, 5.74) is 0.620. The highest BCUT2D eigenvalue weighted by molar-refractivity contribution is 7.12. The Balaban J connectivity index is 2.03. The molecule has 3 rings (SSSR count). The number of rotatable bonds is 2. The molecule has 1 aliphatic rings. The second-order valence-corrected chi connectivity index (χ2v) is 5.50. The van der Waals surface area contributed by atoms with Crippen molar-refractivity contribution in [2.24, 2.45) is 0 Å². The molecule has 3 heterocycles. The van der Waals surface area contributed by atoms with Crippen LogP contribution in [-0.2, 0) is 0 Å². The summed E-state index contributed by atoms with van der Waals surface area (Å²) in [7, 11) is 0. The van der Waals surface area contributed by atoms with Crippen molar-refractivity contribution in [2.45, 2.75) is 0 Å². The van der Waals surface area contributed by atoms with Crippen LogP contribution in [0, 0.1) is 11.3 Å². The van der Waals surface area contributed by atoms with Crippen molar-refractivity contribution >= 4 is 34.3 Å². The molecule has 0 aliphatic carbocycles. The molecule has 0 atom stereocenters. The summed E-state index contributed by atoms with van der Waals surface area (Å²) in [6.07, 6.45) is 1.88. The summed E-state index contributed by atoms with van der Waals surface area (Å²) >= 11 is 3.09. The number of thiophene rings is 2. The number of hydrogen-bond acceptors (Lipinski definition) is 5. The van der Waals surface area contributed by atoms with E-state index in [2.05, 4.69) is 6.07 Å². The maximum Gasteiger partial charge on any atom is 0.180 e. The fourth-order valence-electron chi connectivity index (χ4n) is 1.71. The maximum atomic E-state index is 9.29. The molecule has 0 fully saturated rings. The summed E-state index contributed by atoms with van der Waals surface area (Å²) < 4.78 is 11.1. The van der Waals surface area contributed by atoms with Gasteiger partial charge in [-0.3, -0.25) is 0 Å². The van der Waals surface area contributed by atoms with Crippen LogP contribution in [-0.4, -0.2) is 13.2 Å². The van der Waals surface area contributed by atoms with E-state index in [-0.39, 0.29) is 0 Å². The summed E-state index contributed by atoms with van der Waals surface area (Å²) in [4.78, 5) is 1.91. The molecule has 0 amide bonds. The van der Waals surface area contributed by atoms with Gasteiger partial charge in [0.2, 0.25) is 0 Å². The van der Waals surface area contributed by atoms with Gasteiger partial charge in [0.1, 0.15) is 19.3 Å². The lowest BCUT2D eigenvalue weighted by atomic mass is 10.2. The van der Waals surface area contributed by atoms with E-state index in [1.54, 1.807) is 11.3 Å². The number of ether oxygens (including phenoxy) is 2. The zero-order valence-corrected chi connectivity index (χ0v) is 11.0. The Labute approximate surface area is 113 Å². The Kier molecular flexibility index (Phi) is 3.05. The Morgan fingerprint density at radius 3 is 3.00 bits per heavy atom. The quantitative estimate of drug-likeness (QED) is 0.786. The van der Waals surface area contributed by atoms with Gasteiger partial charge in [-0.05, 0) is 17.5 Å². The van der Waals surface area contributed by atoms with Crippen molar-refractivity contribution < 1.29 is 9.47 Å². The smallest absolute Gasteiger partial charge is 0.180 e. The van der Waals surface area contributed by atoms with E-state index in [0.717, 1.165) is 15.5 Å². The van der Waals surface area contributed by atoms with Crippen LogP contribution in [0.15, 0.2) is 22.9 Å². The number of nitriles is 1. The van der Waals surface area contributed by atoms with Gasteiger partial charge in [0.05, 0.1) is 10.5 Å². The monoisotopic (exact) mass is 275 g/mol. The first-order chi connectivity index (χ1) is 8.88. The molecular weight excluding hydrogens is 266 g/mol. The van der Waals surface area contributed by atoms with Crippen molar-refractivity contribution in [3.05, 3.63) is 32.6 Å². The first kappa shape index (κ1) is 11.3. The summed E-state index contributed by atoms with van der Waals surface area (Å²) in [6, 6.07) is 6.19. The molecule has 90 valence electrons. The summed E-state index contributed by atoms with van der Waals surface area (Å²) in [5, 5.41) is 13.2. The van der Waals surface area contributed by atoms with E-state index in [9.17, 15) is 5.26 Å². The summed E-state index contributed by atoms with van der Waals surface area (Å²) in [5.74, 6) is 1.45. The Hall–Kier alpha value is -1.77. The third kappa shape index (κ3) is 2.01. The Bertz CT molecular complexity index is 620. The minimum absolute atomic E-state index is 0.536. The molecule has 0 unspecified atom stereocenters. The van der Waals surface area contributed by atoms with Gasteiger partial charge in [-0.1, -0.05) is 6.07 Å². The fourth-order valence-corrected chi connectivity index (χ4v) is 3.27. The Morgan fingerprint density at radius 2 is 2.22 bits per heavy atom. The van der Waals surface area contributed by atoms with E-state index in [1.165, 1.54) is 11.3 Å². The zero-order chi connectivity index (χ0) is 12.4. The van der Waals surface area contributed by atoms with Crippen LogP contribution in [0.2, 0.25) is 0 Å². The van der Waals surface area contributed by atoms with E-state index in [4.69, 9.17) is 9.47 Å². The van der Waals surface area contributed by atoms with Gasteiger partial charge < -0.3 is 9.47 Å². The van der Waals surface area contributed by atoms with Crippen molar-refractivity contribution in [3.8, 4) is 17.6 Å². The van der Waals surface area contributed by atoms with E-state index in [1.807, 2.05) is 29.0 Å². The van der Waals surface area contributed by atoms with E-state index in [0.29, 0.717) is 24.5 Å². The molecule has 0 saturated heterocycles. The third-order valence-electron chi connectivity index (χ3n) is 2.50. The fraction of sp³-hybridized carbons (Fsp3) is 0.154. The standard InChI is InChI=1S/C13H9NO2S2/c14-7-9(6-10-2-1-5-17-10)13-12-11(8-18-13)15-3-4-16-12/h1-2,5-6,8H,3-4H2/b9-6+. The van der Waals surface area contributed by atoms with Crippen LogP contribution in [0.4, 0.5) is 0 Å². The zero-order valence-electron chi connectivity index (χ0n) is 9.38. The van der Waals surface area contributed by atoms with Crippen molar-refractivity contribution in [1.29, 1.82) is 5.26 Å². The van der Waals surface area contributed by atoms with Gasteiger partial charge in [0.25, 0.3) is 0 Å². The van der Waals surface area contributed by atoms with Crippen LogP contribution in [0.3, 0.4) is 0 Å². The van der Waals surface area contributed by atoms with Gasteiger partial charge in [-0.15, -0.1) is 22.7 Å². The Morgan fingerprint density at radius 1 is 1.33 bits per heavy atom. The summed E-state index contributed by atoms with van der Waals surface area (Å²) in [6.45, 7) is 1.11.